The number of nitrogens with zero attached hydrogens (tertiary/aromatic N) is 5. The van der Waals surface area contributed by atoms with Gasteiger partial charge in [0.05, 0.1) is 32.7 Å². The number of hydrogen-bond acceptors (Lipinski definition) is 5. The Morgan fingerprint density at radius 3 is 2.37 bits per heavy atom. The molecule has 4 aliphatic carbocycles. The Hall–Kier alpha value is -2.13. The van der Waals surface area contributed by atoms with Crippen LogP contribution in [0.1, 0.15) is 68.4 Å². The van der Waals surface area contributed by atoms with Crippen molar-refractivity contribution in [3.63, 3.8) is 0 Å². The molecule has 4 saturated carbocycles. The SMILES string of the molecule is Cc1nn(CCCNC(=O)CC23CC4CC(C2)CC(n2nc([N+](=O)[O-])c(Cl)c2C)(C4)C3)c(C)c1Cl. The molecule has 2 heterocycles. The average molecular weight is 523 g/mol. The van der Waals surface area contributed by atoms with Gasteiger partial charge in [0.1, 0.15) is 0 Å². The second-order valence-corrected chi connectivity index (χ2v) is 11.9. The number of hydrogen-bond donors (Lipinski definition) is 1. The predicted octanol–water partition coefficient (Wildman–Crippen LogP) is 5.11. The van der Waals surface area contributed by atoms with E-state index in [0.29, 0.717) is 42.1 Å². The highest BCUT2D eigenvalue weighted by molar-refractivity contribution is 6.33. The zero-order valence-corrected chi connectivity index (χ0v) is 22.0. The summed E-state index contributed by atoms with van der Waals surface area (Å²) in [4.78, 5) is 24.0. The maximum Gasteiger partial charge on any atom is 0.408 e. The quantitative estimate of drug-likeness (QED) is 0.294. The zero-order chi connectivity index (χ0) is 25.1. The molecule has 2 aromatic heterocycles. The molecule has 2 aromatic rings. The van der Waals surface area contributed by atoms with Gasteiger partial charge in [0.2, 0.25) is 5.91 Å². The van der Waals surface area contributed by atoms with E-state index in [2.05, 4.69) is 15.5 Å². The van der Waals surface area contributed by atoms with Gasteiger partial charge in [0.15, 0.2) is 5.02 Å². The number of halogens is 2. The third-order valence-corrected chi connectivity index (χ3v) is 9.49. The van der Waals surface area contributed by atoms with Crippen LogP contribution in [0.25, 0.3) is 0 Å². The van der Waals surface area contributed by atoms with Crippen molar-refractivity contribution in [2.45, 2.75) is 84.2 Å². The van der Waals surface area contributed by atoms with E-state index in [9.17, 15) is 14.9 Å². The number of aryl methyl sites for hydroxylation is 2. The molecule has 4 aliphatic rings. The number of carbonyl (C=O) groups excluding carboxylic acids is 1. The Labute approximate surface area is 214 Å². The zero-order valence-electron chi connectivity index (χ0n) is 20.4. The summed E-state index contributed by atoms with van der Waals surface area (Å²) in [6, 6.07) is 0. The minimum atomic E-state index is -0.504. The van der Waals surface area contributed by atoms with Crippen LogP contribution in [0.5, 0.6) is 0 Å². The number of rotatable bonds is 8. The summed E-state index contributed by atoms with van der Waals surface area (Å²) in [7, 11) is 0. The van der Waals surface area contributed by atoms with Crippen LogP contribution in [-0.4, -0.2) is 36.9 Å². The van der Waals surface area contributed by atoms with Crippen molar-refractivity contribution in [1.29, 1.82) is 0 Å². The average Bonchev–Trinajstić information content (AvgIpc) is 3.21. The first-order chi connectivity index (χ1) is 16.5. The van der Waals surface area contributed by atoms with E-state index >= 15 is 0 Å². The molecule has 6 rings (SSSR count). The van der Waals surface area contributed by atoms with Crippen LogP contribution >= 0.6 is 23.2 Å². The minimum Gasteiger partial charge on any atom is -0.358 e. The first-order valence-electron chi connectivity index (χ1n) is 12.4. The molecule has 11 heteroatoms. The van der Waals surface area contributed by atoms with Crippen LogP contribution < -0.4 is 5.32 Å². The van der Waals surface area contributed by atoms with Crippen LogP contribution in [0.3, 0.4) is 0 Å². The Morgan fingerprint density at radius 1 is 1.11 bits per heavy atom. The minimum absolute atomic E-state index is 0.0784. The molecule has 35 heavy (non-hydrogen) atoms. The van der Waals surface area contributed by atoms with Crippen LogP contribution in [0, 0.1) is 48.1 Å². The van der Waals surface area contributed by atoms with Crippen molar-refractivity contribution >= 4 is 34.9 Å². The molecule has 4 fully saturated rings. The lowest BCUT2D eigenvalue weighted by molar-refractivity contribution is -0.389. The lowest BCUT2D eigenvalue weighted by atomic mass is 9.46. The molecule has 0 aromatic carbocycles. The van der Waals surface area contributed by atoms with Gasteiger partial charge < -0.3 is 15.4 Å². The molecular formula is C24H32Cl2N6O3. The fourth-order valence-corrected chi connectivity index (χ4v) is 7.98. The molecular weight excluding hydrogens is 491 g/mol. The highest BCUT2D eigenvalue weighted by Crippen LogP contribution is 2.65. The largest absolute Gasteiger partial charge is 0.408 e. The highest BCUT2D eigenvalue weighted by atomic mass is 35.5. The topological polar surface area (TPSA) is 108 Å². The molecule has 2 unspecified atom stereocenters. The molecule has 4 bridgehead atoms. The number of aromatic nitrogens is 4. The van der Waals surface area contributed by atoms with Crippen LogP contribution in [0.2, 0.25) is 10.0 Å². The maximum atomic E-state index is 13.0. The van der Waals surface area contributed by atoms with Crippen molar-refractivity contribution < 1.29 is 9.72 Å². The van der Waals surface area contributed by atoms with E-state index < -0.39 is 4.92 Å². The van der Waals surface area contributed by atoms with Crippen LogP contribution in [-0.2, 0) is 16.9 Å². The first-order valence-corrected chi connectivity index (χ1v) is 13.1. The van der Waals surface area contributed by atoms with E-state index in [-0.39, 0.29) is 27.7 Å². The van der Waals surface area contributed by atoms with Crippen LogP contribution in [0.4, 0.5) is 5.82 Å². The van der Waals surface area contributed by atoms with Gasteiger partial charge >= 0.3 is 5.82 Å². The molecule has 0 aliphatic heterocycles. The smallest absolute Gasteiger partial charge is 0.358 e. The lowest BCUT2D eigenvalue weighted by Crippen LogP contribution is -2.58. The molecule has 9 nitrogen and oxygen atoms in total. The number of carbonyl (C=O) groups is 1. The predicted molar refractivity (Wildman–Crippen MR) is 133 cm³/mol. The van der Waals surface area contributed by atoms with Gasteiger partial charge in [-0.2, -0.15) is 9.78 Å². The van der Waals surface area contributed by atoms with Gasteiger partial charge in [-0.25, -0.2) is 0 Å². The van der Waals surface area contributed by atoms with Gasteiger partial charge in [0.25, 0.3) is 0 Å². The Morgan fingerprint density at radius 2 is 1.80 bits per heavy atom. The first kappa shape index (κ1) is 24.6. The van der Waals surface area contributed by atoms with Gasteiger partial charge in [0, 0.05) is 19.5 Å². The Balaban J connectivity index is 1.26. The number of nitro groups is 1. The fourth-order valence-electron chi connectivity index (χ4n) is 7.66. The van der Waals surface area contributed by atoms with Crippen molar-refractivity contribution in [3.8, 4) is 0 Å². The third-order valence-electron chi connectivity index (χ3n) is 8.50. The lowest BCUT2D eigenvalue weighted by Gasteiger charge is -2.61. The molecule has 0 spiro atoms. The summed E-state index contributed by atoms with van der Waals surface area (Å²) in [5.41, 5.74) is 2.05. The van der Waals surface area contributed by atoms with Crippen molar-refractivity contribution in [2.75, 3.05) is 6.54 Å². The third kappa shape index (κ3) is 4.24. The summed E-state index contributed by atoms with van der Waals surface area (Å²) in [6.45, 7) is 6.95. The van der Waals surface area contributed by atoms with Crippen molar-refractivity contribution in [1.82, 2.24) is 24.9 Å². The maximum absolute atomic E-state index is 13.0. The monoisotopic (exact) mass is 522 g/mol. The van der Waals surface area contributed by atoms with Crippen molar-refractivity contribution in [2.24, 2.45) is 17.3 Å². The Kier molecular flexibility index (Phi) is 6.15. The van der Waals surface area contributed by atoms with Crippen molar-refractivity contribution in [3.05, 3.63) is 37.2 Å². The summed E-state index contributed by atoms with van der Waals surface area (Å²) < 4.78 is 3.74. The summed E-state index contributed by atoms with van der Waals surface area (Å²) in [5.74, 6) is 0.841. The van der Waals surface area contributed by atoms with E-state index in [1.54, 1.807) is 0 Å². The van der Waals surface area contributed by atoms with E-state index in [1.807, 2.05) is 30.1 Å². The van der Waals surface area contributed by atoms with E-state index in [0.717, 1.165) is 49.9 Å². The number of amides is 1. The molecule has 1 amide bonds. The van der Waals surface area contributed by atoms with Gasteiger partial charge in [-0.3, -0.25) is 9.48 Å². The molecule has 1 N–H and O–H groups in total. The van der Waals surface area contributed by atoms with Gasteiger partial charge in [-0.1, -0.05) is 23.2 Å². The number of nitrogens with one attached hydrogen (secondary N) is 1. The summed E-state index contributed by atoms with van der Waals surface area (Å²) in [6.07, 6.45) is 7.25. The molecule has 190 valence electrons. The normalized spacial score (nSPS) is 29.1. The highest BCUT2D eigenvalue weighted by Gasteiger charge is 2.60. The van der Waals surface area contributed by atoms with E-state index in [4.69, 9.17) is 23.2 Å². The van der Waals surface area contributed by atoms with E-state index in [1.165, 1.54) is 6.42 Å². The summed E-state index contributed by atoms with van der Waals surface area (Å²) in [5, 5.41) is 24.2. The van der Waals surface area contributed by atoms with Crippen LogP contribution in [0.15, 0.2) is 0 Å². The standard InChI is InChI=1S/C24H32Cl2N6O3/c1-14-20(25)15(2)30(28-14)6-4-5-27-19(33)12-23-8-17-7-18(9-23)11-24(10-17,13-23)31-16(3)21(26)22(29-31)32(34)35/h17-18H,4-13H2,1-3H3,(H,27,33). The molecule has 0 saturated heterocycles. The second-order valence-electron chi connectivity index (χ2n) is 11.2. The molecule has 2 atom stereocenters. The van der Waals surface area contributed by atoms with Gasteiger partial charge in [-0.15, -0.1) is 0 Å². The second kappa shape index (κ2) is 8.76. The fraction of sp³-hybridized carbons (Fsp3) is 0.708. The van der Waals surface area contributed by atoms with Gasteiger partial charge in [-0.05, 0) is 87.9 Å². The Bertz CT molecular complexity index is 1170. The summed E-state index contributed by atoms with van der Waals surface area (Å²) >= 11 is 12.5. The molecule has 0 radical (unpaired) electrons.